The monoisotopic (exact) mass is 282 g/mol. The van der Waals surface area contributed by atoms with Crippen molar-refractivity contribution < 1.29 is 8.42 Å². The van der Waals surface area contributed by atoms with Crippen LogP contribution in [0.25, 0.3) is 0 Å². The largest absolute Gasteiger partial charge is 0.399 e. The highest BCUT2D eigenvalue weighted by Gasteiger charge is 2.30. The second-order valence-electron chi connectivity index (χ2n) is 6.06. The van der Waals surface area contributed by atoms with Crippen LogP contribution in [0.3, 0.4) is 0 Å². The first-order valence-corrected chi connectivity index (χ1v) is 8.21. The normalized spacial score (nSPS) is 15.6. The van der Waals surface area contributed by atoms with E-state index in [0.29, 0.717) is 6.54 Å². The van der Waals surface area contributed by atoms with Gasteiger partial charge in [-0.05, 0) is 51.0 Å². The maximum Gasteiger partial charge on any atom is 0.156 e. The minimum atomic E-state index is -3.06. The Labute approximate surface area is 115 Å². The Kier molecular flexibility index (Phi) is 3.51. The van der Waals surface area contributed by atoms with E-state index in [1.807, 2.05) is 18.2 Å². The van der Waals surface area contributed by atoms with Gasteiger partial charge in [-0.1, -0.05) is 0 Å². The first-order valence-electron chi connectivity index (χ1n) is 6.56. The van der Waals surface area contributed by atoms with Crippen LogP contribution in [0.5, 0.6) is 0 Å². The van der Waals surface area contributed by atoms with Gasteiger partial charge in [0.2, 0.25) is 0 Å². The molecule has 0 spiro atoms. The summed E-state index contributed by atoms with van der Waals surface area (Å²) in [7, 11) is -3.06. The molecule has 0 aliphatic carbocycles. The van der Waals surface area contributed by atoms with Crippen LogP contribution in [0.4, 0.5) is 11.4 Å². The lowest BCUT2D eigenvalue weighted by Gasteiger charge is -2.23. The second kappa shape index (κ2) is 4.71. The van der Waals surface area contributed by atoms with E-state index in [-0.39, 0.29) is 5.75 Å². The lowest BCUT2D eigenvalue weighted by Crippen LogP contribution is -2.36. The molecule has 2 N–H and O–H groups in total. The Hall–Kier alpha value is -1.23. The van der Waals surface area contributed by atoms with Crippen molar-refractivity contribution in [2.24, 2.45) is 0 Å². The first-order chi connectivity index (χ1) is 8.71. The Morgan fingerprint density at radius 1 is 1.32 bits per heavy atom. The Bertz CT molecular complexity index is 574. The Morgan fingerprint density at radius 2 is 2.00 bits per heavy atom. The zero-order chi connectivity index (χ0) is 14.3. The third kappa shape index (κ3) is 2.86. The van der Waals surface area contributed by atoms with E-state index in [9.17, 15) is 8.42 Å². The molecule has 1 aromatic rings. The zero-order valence-electron chi connectivity index (χ0n) is 11.8. The number of nitrogens with two attached hydrogens (primary N) is 1. The lowest BCUT2D eigenvalue weighted by molar-refractivity contribution is 0.559. The number of benzene rings is 1. The van der Waals surface area contributed by atoms with Crippen molar-refractivity contribution in [1.82, 2.24) is 0 Å². The number of sulfone groups is 1. The summed E-state index contributed by atoms with van der Waals surface area (Å²) in [5.41, 5.74) is 8.87. The zero-order valence-corrected chi connectivity index (χ0v) is 12.6. The van der Waals surface area contributed by atoms with Crippen LogP contribution in [0.15, 0.2) is 18.2 Å². The second-order valence-corrected chi connectivity index (χ2v) is 8.92. The highest BCUT2D eigenvalue weighted by atomic mass is 32.2. The van der Waals surface area contributed by atoms with Crippen molar-refractivity contribution in [3.05, 3.63) is 23.8 Å². The molecule has 1 heterocycles. The van der Waals surface area contributed by atoms with E-state index < -0.39 is 14.6 Å². The van der Waals surface area contributed by atoms with Gasteiger partial charge in [-0.3, -0.25) is 0 Å². The number of hydrogen-bond acceptors (Lipinski definition) is 4. The molecule has 4 nitrogen and oxygen atoms in total. The van der Waals surface area contributed by atoms with Gasteiger partial charge in [-0.15, -0.1) is 0 Å². The lowest BCUT2D eigenvalue weighted by atomic mass is 10.1. The molecule has 0 saturated heterocycles. The standard InChI is InChI=1S/C14H22N2O2S/c1-14(2,3)19(17,18)9-8-16-7-6-11-10-12(15)4-5-13(11)16/h4-5,10H,6-9,15H2,1-3H3. The van der Waals surface area contributed by atoms with Gasteiger partial charge in [-0.2, -0.15) is 0 Å². The van der Waals surface area contributed by atoms with Gasteiger partial charge in [0.15, 0.2) is 9.84 Å². The van der Waals surface area contributed by atoms with Crippen LogP contribution in [0.2, 0.25) is 0 Å². The smallest absolute Gasteiger partial charge is 0.156 e. The summed E-state index contributed by atoms with van der Waals surface area (Å²) >= 11 is 0. The van der Waals surface area contributed by atoms with Crippen molar-refractivity contribution in [2.45, 2.75) is 31.9 Å². The van der Waals surface area contributed by atoms with E-state index in [0.717, 1.165) is 24.3 Å². The van der Waals surface area contributed by atoms with Gasteiger partial charge in [0.25, 0.3) is 0 Å². The Morgan fingerprint density at radius 3 is 2.63 bits per heavy atom. The summed E-state index contributed by atoms with van der Waals surface area (Å²) in [6.45, 7) is 6.68. The van der Waals surface area contributed by atoms with E-state index in [2.05, 4.69) is 4.90 Å². The number of rotatable bonds is 3. The molecular weight excluding hydrogens is 260 g/mol. The molecule has 0 fully saturated rings. The van der Waals surface area contributed by atoms with Gasteiger partial charge >= 0.3 is 0 Å². The summed E-state index contributed by atoms with van der Waals surface area (Å²) in [6.07, 6.45) is 0.940. The van der Waals surface area contributed by atoms with Gasteiger partial charge in [0, 0.05) is 24.5 Å². The molecule has 2 rings (SSSR count). The van der Waals surface area contributed by atoms with Gasteiger partial charge in [-0.25, -0.2) is 8.42 Å². The molecule has 0 atom stereocenters. The van der Waals surface area contributed by atoms with Gasteiger partial charge in [0.05, 0.1) is 10.5 Å². The number of nitrogens with zero attached hydrogens (tertiary/aromatic N) is 1. The summed E-state index contributed by atoms with van der Waals surface area (Å²) in [6, 6.07) is 5.84. The molecule has 1 aliphatic rings. The van der Waals surface area contributed by atoms with Crippen LogP contribution in [-0.2, 0) is 16.3 Å². The molecule has 0 radical (unpaired) electrons. The molecule has 0 saturated carbocycles. The number of anilines is 2. The molecule has 106 valence electrons. The third-order valence-electron chi connectivity index (χ3n) is 3.66. The molecule has 19 heavy (non-hydrogen) atoms. The van der Waals surface area contributed by atoms with E-state index >= 15 is 0 Å². The predicted octanol–water partition coefficient (Wildman–Crippen LogP) is 1.84. The molecule has 0 aromatic heterocycles. The number of nitrogen functional groups attached to an aromatic ring is 1. The van der Waals surface area contributed by atoms with Crippen LogP contribution >= 0.6 is 0 Å². The average Bonchev–Trinajstić information content (AvgIpc) is 2.67. The molecule has 0 amide bonds. The predicted molar refractivity (Wildman–Crippen MR) is 80.3 cm³/mol. The van der Waals surface area contributed by atoms with Crippen LogP contribution in [0, 0.1) is 0 Å². The summed E-state index contributed by atoms with van der Waals surface area (Å²) < 4.78 is 23.6. The van der Waals surface area contributed by atoms with Crippen molar-refractivity contribution in [2.75, 3.05) is 29.5 Å². The topological polar surface area (TPSA) is 63.4 Å². The van der Waals surface area contributed by atoms with Crippen LogP contribution < -0.4 is 10.6 Å². The molecule has 1 aromatic carbocycles. The highest BCUT2D eigenvalue weighted by molar-refractivity contribution is 7.92. The van der Waals surface area contributed by atoms with Crippen molar-refractivity contribution in [3.8, 4) is 0 Å². The molecular formula is C14H22N2O2S. The maximum atomic E-state index is 12.1. The SMILES string of the molecule is CC(C)(C)S(=O)(=O)CCN1CCc2cc(N)ccc21. The fraction of sp³-hybridized carbons (Fsp3) is 0.571. The van der Waals surface area contributed by atoms with E-state index in [4.69, 9.17) is 5.73 Å². The fourth-order valence-electron chi connectivity index (χ4n) is 2.26. The number of fused-ring (bicyclic) bond motifs is 1. The van der Waals surface area contributed by atoms with Crippen molar-refractivity contribution in [1.29, 1.82) is 0 Å². The molecule has 0 unspecified atom stereocenters. The summed E-state index contributed by atoms with van der Waals surface area (Å²) in [4.78, 5) is 2.14. The summed E-state index contributed by atoms with van der Waals surface area (Å²) in [5.74, 6) is 0.195. The first kappa shape index (κ1) is 14.2. The van der Waals surface area contributed by atoms with Gasteiger partial charge < -0.3 is 10.6 Å². The van der Waals surface area contributed by atoms with Gasteiger partial charge in [0.1, 0.15) is 0 Å². The number of hydrogen-bond donors (Lipinski definition) is 1. The molecule has 0 bridgehead atoms. The minimum absolute atomic E-state index is 0.195. The van der Waals surface area contributed by atoms with E-state index in [1.54, 1.807) is 20.8 Å². The maximum absolute atomic E-state index is 12.1. The highest BCUT2D eigenvalue weighted by Crippen LogP contribution is 2.29. The Balaban J connectivity index is 2.09. The average molecular weight is 282 g/mol. The van der Waals surface area contributed by atoms with E-state index in [1.165, 1.54) is 5.56 Å². The van der Waals surface area contributed by atoms with Crippen LogP contribution in [-0.4, -0.2) is 32.0 Å². The fourth-order valence-corrected chi connectivity index (χ4v) is 3.33. The van der Waals surface area contributed by atoms with Crippen LogP contribution in [0.1, 0.15) is 26.3 Å². The summed E-state index contributed by atoms with van der Waals surface area (Å²) in [5, 5.41) is 0. The minimum Gasteiger partial charge on any atom is -0.399 e. The van der Waals surface area contributed by atoms with Crippen molar-refractivity contribution >= 4 is 21.2 Å². The molecule has 1 aliphatic heterocycles. The van der Waals surface area contributed by atoms with Crippen molar-refractivity contribution in [3.63, 3.8) is 0 Å². The third-order valence-corrected chi connectivity index (χ3v) is 6.24. The quantitative estimate of drug-likeness (QED) is 0.859. The molecule has 5 heteroatoms.